The molecule has 0 unspecified atom stereocenters. The first-order chi connectivity index (χ1) is 14.7. The second-order valence-electron chi connectivity index (χ2n) is 7.24. The summed E-state index contributed by atoms with van der Waals surface area (Å²) in [5.41, 5.74) is 8.71. The molecule has 2 N–H and O–H groups in total. The molecule has 1 aliphatic heterocycles. The fourth-order valence-electron chi connectivity index (χ4n) is 4.01. The van der Waals surface area contributed by atoms with E-state index >= 15 is 0 Å². The highest BCUT2D eigenvalue weighted by atomic mass is 16.5. The minimum absolute atomic E-state index is 0.0166. The van der Waals surface area contributed by atoms with Crippen molar-refractivity contribution >= 4 is 16.8 Å². The molecule has 0 atom stereocenters. The lowest BCUT2D eigenvalue weighted by Gasteiger charge is -2.22. The van der Waals surface area contributed by atoms with E-state index in [1.165, 1.54) is 0 Å². The molecule has 0 spiro atoms. The minimum atomic E-state index is -0.126. The number of pyridine rings is 1. The second-order valence-corrected chi connectivity index (χ2v) is 7.24. The number of hydrogen-bond acceptors (Lipinski definition) is 7. The molecule has 5 heterocycles. The van der Waals surface area contributed by atoms with Crippen molar-refractivity contribution in [2.24, 2.45) is 5.73 Å². The van der Waals surface area contributed by atoms with Crippen LogP contribution in [0.1, 0.15) is 24.4 Å². The molecule has 5 rings (SSSR count). The predicted molar refractivity (Wildman–Crippen MR) is 109 cm³/mol. The van der Waals surface area contributed by atoms with E-state index in [4.69, 9.17) is 15.5 Å². The monoisotopic (exact) mass is 404 g/mol. The molecule has 0 aromatic carbocycles. The first-order valence-electron chi connectivity index (χ1n) is 9.84. The molecule has 30 heavy (non-hydrogen) atoms. The van der Waals surface area contributed by atoms with E-state index in [0.717, 1.165) is 12.8 Å². The molecule has 0 radical (unpaired) electrons. The third-order valence-corrected chi connectivity index (χ3v) is 5.48. The van der Waals surface area contributed by atoms with Gasteiger partial charge in [0.2, 0.25) is 0 Å². The molecule has 10 heteroatoms. The lowest BCUT2D eigenvalue weighted by molar-refractivity contribution is 0.0694. The number of imidazole rings is 2. The Morgan fingerprint density at radius 1 is 1.23 bits per heavy atom. The smallest absolute Gasteiger partial charge is 0.330 e. The summed E-state index contributed by atoms with van der Waals surface area (Å²) in [6.07, 6.45) is 6.55. The quantitative estimate of drug-likeness (QED) is 0.539. The van der Waals surface area contributed by atoms with Crippen LogP contribution < -0.4 is 11.4 Å². The van der Waals surface area contributed by atoms with Crippen LogP contribution >= 0.6 is 0 Å². The molecule has 152 valence electrons. The van der Waals surface area contributed by atoms with E-state index in [1.54, 1.807) is 44.3 Å². The molecule has 0 saturated carbocycles. The van der Waals surface area contributed by atoms with Gasteiger partial charge in [0.25, 0.3) is 0 Å². The zero-order valence-electron chi connectivity index (χ0n) is 16.2. The maximum Gasteiger partial charge on any atom is 0.330 e. The average Bonchev–Trinajstić information content (AvgIpc) is 3.32. The minimum Gasteiger partial charge on any atom is -0.381 e. The Kier molecular flexibility index (Phi) is 4.54. The Hall–Kier alpha value is -3.55. The fourth-order valence-corrected chi connectivity index (χ4v) is 4.01. The van der Waals surface area contributed by atoms with Gasteiger partial charge in [-0.2, -0.15) is 5.26 Å². The van der Waals surface area contributed by atoms with Crippen molar-refractivity contribution in [2.75, 3.05) is 19.8 Å². The van der Waals surface area contributed by atoms with Crippen LogP contribution in [0.3, 0.4) is 0 Å². The van der Waals surface area contributed by atoms with E-state index in [0.29, 0.717) is 60.2 Å². The van der Waals surface area contributed by atoms with Crippen LogP contribution in [0.2, 0.25) is 0 Å². The zero-order valence-corrected chi connectivity index (χ0v) is 16.2. The number of nitrogens with two attached hydrogens (primary N) is 1. The first-order valence-corrected chi connectivity index (χ1v) is 9.84. The molecule has 1 fully saturated rings. The van der Waals surface area contributed by atoms with Crippen molar-refractivity contribution < 1.29 is 4.74 Å². The van der Waals surface area contributed by atoms with Crippen LogP contribution in [0.4, 0.5) is 0 Å². The van der Waals surface area contributed by atoms with Crippen LogP contribution in [-0.2, 0) is 11.3 Å². The van der Waals surface area contributed by atoms with Gasteiger partial charge in [0.05, 0.1) is 18.0 Å². The van der Waals surface area contributed by atoms with Crippen molar-refractivity contribution in [1.29, 1.82) is 5.26 Å². The molecule has 1 saturated heterocycles. The third kappa shape index (κ3) is 2.87. The molecule has 0 aliphatic carbocycles. The van der Waals surface area contributed by atoms with Crippen molar-refractivity contribution in [2.45, 2.75) is 25.4 Å². The Labute approximate surface area is 171 Å². The second kappa shape index (κ2) is 7.37. The maximum absolute atomic E-state index is 13.2. The van der Waals surface area contributed by atoms with Crippen molar-refractivity contribution in [3.05, 3.63) is 46.8 Å². The van der Waals surface area contributed by atoms with Crippen molar-refractivity contribution in [3.8, 4) is 17.6 Å². The largest absolute Gasteiger partial charge is 0.381 e. The highest BCUT2D eigenvalue weighted by Crippen LogP contribution is 2.25. The van der Waals surface area contributed by atoms with E-state index in [-0.39, 0.29) is 11.7 Å². The lowest BCUT2D eigenvalue weighted by Crippen LogP contribution is -2.32. The van der Waals surface area contributed by atoms with Crippen molar-refractivity contribution in [3.63, 3.8) is 0 Å². The molecule has 0 bridgehead atoms. The normalized spacial score (nSPS) is 15.1. The zero-order chi connectivity index (χ0) is 20.7. The predicted octanol–water partition coefficient (Wildman–Crippen LogP) is 1.09. The molecule has 10 nitrogen and oxygen atoms in total. The summed E-state index contributed by atoms with van der Waals surface area (Å²) in [7, 11) is 0. The summed E-state index contributed by atoms with van der Waals surface area (Å²) in [6.45, 7) is 1.97. The summed E-state index contributed by atoms with van der Waals surface area (Å²) in [5.74, 6) is 0.441. The number of fused-ring (bicyclic) bond motifs is 2. The molecule has 4 aromatic heterocycles. The van der Waals surface area contributed by atoms with Gasteiger partial charge in [0.1, 0.15) is 22.9 Å². The third-order valence-electron chi connectivity index (χ3n) is 5.48. The van der Waals surface area contributed by atoms with E-state index in [1.807, 2.05) is 0 Å². The summed E-state index contributed by atoms with van der Waals surface area (Å²) >= 11 is 0. The fraction of sp³-hybridized carbons (Fsp3) is 0.350. The Morgan fingerprint density at radius 3 is 2.83 bits per heavy atom. The Morgan fingerprint density at radius 2 is 2.07 bits per heavy atom. The van der Waals surface area contributed by atoms with Crippen LogP contribution in [0, 0.1) is 11.3 Å². The van der Waals surface area contributed by atoms with Gasteiger partial charge in [-0.15, -0.1) is 0 Å². The maximum atomic E-state index is 13.2. The topological polar surface area (TPSA) is 129 Å². The molecular weight excluding hydrogens is 384 g/mol. The first kappa shape index (κ1) is 18.5. The summed E-state index contributed by atoms with van der Waals surface area (Å²) in [6, 6.07) is 5.64. The standard InChI is InChI=1S/C20H20N8O2/c21-5-6-26-16-11-24-18(15-10-23-17-2-1-13(9-22)12-27(15)17)25-19(16)28(20(26)29)14-3-7-30-8-4-14/h1-2,10-12,14H,3-8,21H2. The summed E-state index contributed by atoms with van der Waals surface area (Å²) < 4.78 is 10.6. The van der Waals surface area contributed by atoms with E-state index < -0.39 is 0 Å². The molecule has 0 amide bonds. The Balaban J connectivity index is 1.72. The molecular formula is C20H20N8O2. The van der Waals surface area contributed by atoms with Crippen LogP contribution in [0.15, 0.2) is 35.5 Å². The van der Waals surface area contributed by atoms with Gasteiger partial charge in [-0.3, -0.25) is 13.5 Å². The van der Waals surface area contributed by atoms with Gasteiger partial charge >= 0.3 is 5.69 Å². The van der Waals surface area contributed by atoms with Gasteiger partial charge in [-0.05, 0) is 25.0 Å². The van der Waals surface area contributed by atoms with Gasteiger partial charge < -0.3 is 10.5 Å². The number of aromatic nitrogens is 6. The number of nitriles is 1. The highest BCUT2D eigenvalue weighted by Gasteiger charge is 2.24. The molecule has 4 aromatic rings. The van der Waals surface area contributed by atoms with E-state index in [2.05, 4.69) is 16.0 Å². The Bertz CT molecular complexity index is 1340. The lowest BCUT2D eigenvalue weighted by atomic mass is 10.1. The van der Waals surface area contributed by atoms with E-state index in [9.17, 15) is 10.1 Å². The summed E-state index contributed by atoms with van der Waals surface area (Å²) in [4.78, 5) is 26.8. The number of ether oxygens (including phenoxy) is 1. The van der Waals surface area contributed by atoms with Crippen LogP contribution in [0.5, 0.6) is 0 Å². The van der Waals surface area contributed by atoms with Gasteiger partial charge in [-0.1, -0.05) is 0 Å². The van der Waals surface area contributed by atoms with Gasteiger partial charge in [0.15, 0.2) is 11.5 Å². The number of nitrogens with zero attached hydrogens (tertiary/aromatic N) is 7. The SMILES string of the molecule is N#Cc1ccc2ncc(-c3ncc4c(n3)n(C3CCOCC3)c(=O)n4CCN)n2c1. The van der Waals surface area contributed by atoms with Gasteiger partial charge in [-0.25, -0.2) is 19.7 Å². The van der Waals surface area contributed by atoms with Gasteiger partial charge in [0, 0.05) is 38.5 Å². The highest BCUT2D eigenvalue weighted by molar-refractivity contribution is 5.74. The average molecular weight is 404 g/mol. The van der Waals surface area contributed by atoms with Crippen LogP contribution in [-0.4, -0.2) is 48.2 Å². The number of rotatable bonds is 4. The molecule has 1 aliphatic rings. The van der Waals surface area contributed by atoms with Crippen LogP contribution in [0.25, 0.3) is 28.3 Å². The van der Waals surface area contributed by atoms with Crippen molar-refractivity contribution in [1.82, 2.24) is 28.5 Å². The number of hydrogen-bond donors (Lipinski definition) is 1. The summed E-state index contributed by atoms with van der Waals surface area (Å²) in [5, 5.41) is 9.23.